The van der Waals surface area contributed by atoms with Crippen molar-refractivity contribution in [3.8, 4) is 5.75 Å². The number of carbonyl (C=O) groups excluding carboxylic acids is 2. The Labute approximate surface area is 162 Å². The summed E-state index contributed by atoms with van der Waals surface area (Å²) < 4.78 is 27.6. The summed E-state index contributed by atoms with van der Waals surface area (Å²) in [7, 11) is -3.49. The first-order chi connectivity index (χ1) is 13.3. The van der Waals surface area contributed by atoms with Gasteiger partial charge >= 0.3 is 13.6 Å². The van der Waals surface area contributed by atoms with Crippen LogP contribution in [0.25, 0.3) is 0 Å². The van der Waals surface area contributed by atoms with Crippen molar-refractivity contribution in [1.29, 1.82) is 0 Å². The van der Waals surface area contributed by atoms with Gasteiger partial charge in [-0.15, -0.1) is 0 Å². The van der Waals surface area contributed by atoms with Crippen molar-refractivity contribution in [2.24, 2.45) is 0 Å². The number of nitrogens with one attached hydrogen (secondary N) is 1. The quantitative estimate of drug-likeness (QED) is 0.143. The van der Waals surface area contributed by atoms with E-state index in [0.29, 0.717) is 5.69 Å². The Bertz CT molecular complexity index is 657. The van der Waals surface area contributed by atoms with Gasteiger partial charge < -0.3 is 19.1 Å². The van der Waals surface area contributed by atoms with Gasteiger partial charge in [0, 0.05) is 12.1 Å². The standard InChI is InChI=1S/C16H25N2O9P/c1-3-25-28(23,26-4-2)12-15(19)17-13-7-9-14(10-8-13)27-16(20)6-5-11-24-18(21)22/h7-10,21-22H,3-6,11-12H2,1-2H3,(H,17,19). The third-order valence-electron chi connectivity index (χ3n) is 3.09. The highest BCUT2D eigenvalue weighted by Crippen LogP contribution is 2.47. The number of amides is 1. The smallest absolute Gasteiger partial charge is 0.340 e. The lowest BCUT2D eigenvalue weighted by molar-refractivity contribution is -0.492. The summed E-state index contributed by atoms with van der Waals surface area (Å²) in [6.45, 7) is 3.57. The highest BCUT2D eigenvalue weighted by molar-refractivity contribution is 7.54. The molecule has 0 atom stereocenters. The molecule has 0 heterocycles. The van der Waals surface area contributed by atoms with Crippen molar-refractivity contribution in [2.45, 2.75) is 26.7 Å². The molecule has 1 aromatic rings. The number of rotatable bonds is 13. The van der Waals surface area contributed by atoms with E-state index >= 15 is 0 Å². The molecule has 0 unspecified atom stereocenters. The van der Waals surface area contributed by atoms with Crippen molar-refractivity contribution in [2.75, 3.05) is 31.3 Å². The first-order valence-corrected chi connectivity index (χ1v) is 10.3. The van der Waals surface area contributed by atoms with Crippen LogP contribution in [0.4, 0.5) is 5.69 Å². The second-order valence-electron chi connectivity index (χ2n) is 5.34. The minimum atomic E-state index is -3.49. The fraction of sp³-hybridized carbons (Fsp3) is 0.500. The summed E-state index contributed by atoms with van der Waals surface area (Å²) in [5.41, 5.74) is 0.420. The number of esters is 1. The molecule has 0 fully saturated rings. The zero-order valence-corrected chi connectivity index (χ0v) is 16.6. The van der Waals surface area contributed by atoms with Crippen LogP contribution < -0.4 is 10.1 Å². The van der Waals surface area contributed by atoms with Crippen LogP contribution in [0.2, 0.25) is 0 Å². The highest BCUT2D eigenvalue weighted by atomic mass is 31.2. The van der Waals surface area contributed by atoms with Gasteiger partial charge in [-0.3, -0.25) is 29.4 Å². The van der Waals surface area contributed by atoms with Crippen LogP contribution in [-0.4, -0.2) is 53.7 Å². The van der Waals surface area contributed by atoms with Crippen LogP contribution in [0.5, 0.6) is 5.75 Å². The van der Waals surface area contributed by atoms with Gasteiger partial charge in [-0.25, -0.2) is 0 Å². The number of hydrogen-bond acceptors (Lipinski definition) is 10. The van der Waals surface area contributed by atoms with E-state index in [0.717, 1.165) is 0 Å². The second-order valence-corrected chi connectivity index (χ2v) is 7.40. The molecule has 0 bridgehead atoms. The Morgan fingerprint density at radius 1 is 1.11 bits per heavy atom. The lowest BCUT2D eigenvalue weighted by Gasteiger charge is -2.16. The number of hydrogen-bond donors (Lipinski definition) is 3. The number of ether oxygens (including phenoxy) is 1. The van der Waals surface area contributed by atoms with E-state index in [4.69, 9.17) is 24.2 Å². The van der Waals surface area contributed by atoms with E-state index in [9.17, 15) is 14.2 Å². The molecule has 158 valence electrons. The van der Waals surface area contributed by atoms with E-state index in [2.05, 4.69) is 10.2 Å². The van der Waals surface area contributed by atoms with Crippen molar-refractivity contribution in [3.05, 3.63) is 24.3 Å². The predicted octanol–water partition coefficient (Wildman–Crippen LogP) is 2.59. The molecule has 3 N–H and O–H groups in total. The third-order valence-corrected chi connectivity index (χ3v) is 5.07. The van der Waals surface area contributed by atoms with E-state index in [1.165, 1.54) is 24.3 Å². The molecule has 0 spiro atoms. The zero-order valence-electron chi connectivity index (χ0n) is 15.7. The predicted molar refractivity (Wildman–Crippen MR) is 97.0 cm³/mol. The lowest BCUT2D eigenvalue weighted by atomic mass is 10.3. The molecule has 0 radical (unpaired) electrons. The van der Waals surface area contributed by atoms with E-state index < -0.39 is 31.0 Å². The maximum Gasteiger partial charge on any atom is 0.340 e. The summed E-state index contributed by atoms with van der Waals surface area (Å²) in [5, 5.41) is 18.8. The van der Waals surface area contributed by atoms with Gasteiger partial charge in [-0.1, -0.05) is 0 Å². The van der Waals surface area contributed by atoms with Gasteiger partial charge in [0.25, 0.3) is 0 Å². The van der Waals surface area contributed by atoms with E-state index in [-0.39, 0.29) is 38.4 Å². The normalized spacial score (nSPS) is 11.5. The summed E-state index contributed by atoms with van der Waals surface area (Å²) in [4.78, 5) is 28.0. The summed E-state index contributed by atoms with van der Waals surface area (Å²) in [6.07, 6.45) is -0.173. The molecule has 0 aliphatic carbocycles. The third kappa shape index (κ3) is 9.90. The SMILES string of the molecule is CCOP(=O)(CC(=O)Nc1ccc(OC(=O)CCCON(O)O)cc1)OCC. The van der Waals surface area contributed by atoms with Crippen LogP contribution in [0.3, 0.4) is 0 Å². The molecular weight excluding hydrogens is 395 g/mol. The van der Waals surface area contributed by atoms with Crippen molar-refractivity contribution >= 4 is 25.2 Å². The van der Waals surface area contributed by atoms with Gasteiger partial charge in [0.05, 0.1) is 25.2 Å². The molecular formula is C16H25N2O9P. The molecule has 0 aromatic heterocycles. The Morgan fingerprint density at radius 2 is 1.71 bits per heavy atom. The topological polar surface area (TPSA) is 144 Å². The van der Waals surface area contributed by atoms with Crippen LogP contribution >= 0.6 is 7.60 Å². The maximum atomic E-state index is 12.3. The molecule has 1 amide bonds. The average Bonchev–Trinajstić information content (AvgIpc) is 2.60. The van der Waals surface area contributed by atoms with Gasteiger partial charge in [0.2, 0.25) is 5.91 Å². The first kappa shape index (κ1) is 24.2. The van der Waals surface area contributed by atoms with Gasteiger partial charge in [-0.2, -0.15) is 0 Å². The van der Waals surface area contributed by atoms with Gasteiger partial charge in [0.15, 0.2) is 0 Å². The van der Waals surface area contributed by atoms with Crippen molar-refractivity contribution in [1.82, 2.24) is 5.39 Å². The molecule has 0 saturated heterocycles. The number of nitrogens with zero attached hydrogens (tertiary/aromatic N) is 1. The van der Waals surface area contributed by atoms with Crippen LogP contribution in [0, 0.1) is 0 Å². The summed E-state index contributed by atoms with van der Waals surface area (Å²) in [6, 6.07) is 6.01. The van der Waals surface area contributed by atoms with Gasteiger partial charge in [0.1, 0.15) is 11.9 Å². The van der Waals surface area contributed by atoms with Crippen LogP contribution in [0.1, 0.15) is 26.7 Å². The summed E-state index contributed by atoms with van der Waals surface area (Å²) >= 11 is 0. The molecule has 1 aromatic carbocycles. The van der Waals surface area contributed by atoms with Gasteiger partial charge in [-0.05, 0) is 44.5 Å². The summed E-state index contributed by atoms with van der Waals surface area (Å²) in [5.74, 6) is -0.793. The monoisotopic (exact) mass is 420 g/mol. The Hall–Kier alpha value is -1.85. The molecule has 0 aliphatic rings. The minimum absolute atomic E-state index is 0.0104. The van der Waals surface area contributed by atoms with E-state index in [1.807, 2.05) is 0 Å². The Balaban J connectivity index is 2.48. The number of carbonyl (C=O) groups is 2. The molecule has 0 saturated carbocycles. The first-order valence-electron chi connectivity index (χ1n) is 8.57. The lowest BCUT2D eigenvalue weighted by Crippen LogP contribution is -2.18. The number of anilines is 1. The van der Waals surface area contributed by atoms with E-state index in [1.54, 1.807) is 13.8 Å². The molecule has 0 aliphatic heterocycles. The van der Waals surface area contributed by atoms with Crippen LogP contribution in [0.15, 0.2) is 24.3 Å². The fourth-order valence-corrected chi connectivity index (χ4v) is 3.52. The molecule has 28 heavy (non-hydrogen) atoms. The fourth-order valence-electron chi connectivity index (χ4n) is 2.05. The Kier molecular flexibility index (Phi) is 10.9. The van der Waals surface area contributed by atoms with Crippen molar-refractivity contribution < 1.29 is 43.2 Å². The highest BCUT2D eigenvalue weighted by Gasteiger charge is 2.27. The largest absolute Gasteiger partial charge is 0.427 e. The zero-order chi connectivity index (χ0) is 21.0. The van der Waals surface area contributed by atoms with Crippen molar-refractivity contribution in [3.63, 3.8) is 0 Å². The molecule has 12 heteroatoms. The maximum absolute atomic E-state index is 12.3. The van der Waals surface area contributed by atoms with Crippen LogP contribution in [-0.2, 0) is 28.0 Å². The average molecular weight is 420 g/mol. The number of benzene rings is 1. The Morgan fingerprint density at radius 3 is 2.25 bits per heavy atom. The second kappa shape index (κ2) is 12.6. The minimum Gasteiger partial charge on any atom is -0.427 e. The molecule has 11 nitrogen and oxygen atoms in total. The molecule has 1 rings (SSSR count).